The Kier molecular flexibility index (Phi) is 3.61. The van der Waals surface area contributed by atoms with Gasteiger partial charge in [-0.2, -0.15) is 5.10 Å². The third-order valence-corrected chi connectivity index (χ3v) is 4.03. The van der Waals surface area contributed by atoms with E-state index in [9.17, 15) is 4.79 Å². The third kappa shape index (κ3) is 2.41. The molecule has 0 aliphatic carbocycles. The number of anilines is 1. The Morgan fingerprint density at radius 3 is 2.58 bits per heavy atom. The molecule has 1 aromatic heterocycles. The molecular formula is C17H18N6O. The molecule has 7 heteroatoms. The normalized spacial score (nSPS) is 12.2. The summed E-state index contributed by atoms with van der Waals surface area (Å²) in [5.74, 6) is -0.784. The molecule has 24 heavy (non-hydrogen) atoms. The van der Waals surface area contributed by atoms with Gasteiger partial charge >= 0.3 is 0 Å². The number of para-hydroxylation sites is 1. The van der Waals surface area contributed by atoms with Gasteiger partial charge in [0.05, 0.1) is 17.4 Å². The Bertz CT molecular complexity index is 986. The highest BCUT2D eigenvalue weighted by Crippen LogP contribution is 2.34. The molecule has 0 unspecified atom stereocenters. The summed E-state index contributed by atoms with van der Waals surface area (Å²) in [7, 11) is 0. The number of hydrogen-bond donors (Lipinski definition) is 5. The Labute approximate surface area is 138 Å². The van der Waals surface area contributed by atoms with Gasteiger partial charge in [-0.1, -0.05) is 18.2 Å². The second-order valence-corrected chi connectivity index (χ2v) is 5.58. The van der Waals surface area contributed by atoms with Crippen LogP contribution in [0.1, 0.15) is 11.1 Å². The van der Waals surface area contributed by atoms with Crippen LogP contribution in [-0.4, -0.2) is 16.1 Å². The predicted octanol–water partition coefficient (Wildman–Crippen LogP) is 1.19. The van der Waals surface area contributed by atoms with Crippen molar-refractivity contribution < 1.29 is 4.79 Å². The molecular weight excluding hydrogens is 304 g/mol. The van der Waals surface area contributed by atoms with E-state index in [-0.39, 0.29) is 11.4 Å². The molecule has 3 rings (SSSR count). The van der Waals surface area contributed by atoms with Gasteiger partial charge in [0.15, 0.2) is 0 Å². The molecule has 0 fully saturated rings. The van der Waals surface area contributed by atoms with Crippen molar-refractivity contribution in [2.75, 3.05) is 5.73 Å². The van der Waals surface area contributed by atoms with Crippen molar-refractivity contribution in [2.24, 2.45) is 17.2 Å². The lowest BCUT2D eigenvalue weighted by atomic mass is 9.94. The number of rotatable bonds is 3. The maximum Gasteiger partial charge on any atom is 0.266 e. The van der Waals surface area contributed by atoms with E-state index >= 15 is 0 Å². The van der Waals surface area contributed by atoms with E-state index in [1.807, 2.05) is 25.1 Å². The maximum atomic E-state index is 11.3. The van der Waals surface area contributed by atoms with Crippen LogP contribution < -0.4 is 22.9 Å². The van der Waals surface area contributed by atoms with Gasteiger partial charge in [-0.05, 0) is 30.2 Å². The van der Waals surface area contributed by atoms with Crippen molar-refractivity contribution >= 4 is 28.2 Å². The first-order valence-corrected chi connectivity index (χ1v) is 7.28. The number of carbonyl (C=O) groups excluding carboxylic acids is 1. The van der Waals surface area contributed by atoms with Crippen molar-refractivity contribution in [3.63, 3.8) is 0 Å². The van der Waals surface area contributed by atoms with E-state index in [1.165, 1.54) is 0 Å². The number of H-pyrrole nitrogens is 1. The van der Waals surface area contributed by atoms with E-state index in [0.717, 1.165) is 27.6 Å². The third-order valence-electron chi connectivity index (χ3n) is 4.03. The number of benzene rings is 2. The van der Waals surface area contributed by atoms with Crippen molar-refractivity contribution in [3.8, 4) is 11.1 Å². The number of aromatic amines is 1. The lowest BCUT2D eigenvalue weighted by Gasteiger charge is -2.14. The number of hydrogen-bond acceptors (Lipinski definition) is 5. The molecule has 2 aromatic carbocycles. The van der Waals surface area contributed by atoms with Crippen LogP contribution in [0.4, 0.5) is 5.69 Å². The van der Waals surface area contributed by atoms with Crippen LogP contribution in [0.2, 0.25) is 0 Å². The molecule has 0 aliphatic heterocycles. The number of fused-ring (bicyclic) bond motifs is 1. The topological polar surface area (TPSA) is 150 Å². The highest BCUT2D eigenvalue weighted by Gasteiger charge is 2.15. The average Bonchev–Trinajstić information content (AvgIpc) is 3.00. The number of nitrogens with two attached hydrogens (primary N) is 4. The summed E-state index contributed by atoms with van der Waals surface area (Å²) in [5, 5.41) is 7.94. The number of nitrogens with one attached hydrogen (secondary N) is 1. The summed E-state index contributed by atoms with van der Waals surface area (Å²) >= 11 is 0. The Morgan fingerprint density at radius 1 is 1.12 bits per heavy atom. The lowest BCUT2D eigenvalue weighted by Crippen LogP contribution is -2.24. The minimum atomic E-state index is -0.784. The van der Waals surface area contributed by atoms with E-state index in [0.29, 0.717) is 11.3 Å². The molecule has 0 atom stereocenters. The van der Waals surface area contributed by atoms with Gasteiger partial charge in [-0.25, -0.2) is 0 Å². The fourth-order valence-corrected chi connectivity index (χ4v) is 2.70. The lowest BCUT2D eigenvalue weighted by molar-refractivity contribution is -0.114. The number of nitrogens with zero attached hydrogens (tertiary/aromatic N) is 1. The number of nitrogen functional groups attached to an aromatic ring is 1. The number of primary amides is 1. The van der Waals surface area contributed by atoms with E-state index in [4.69, 9.17) is 22.9 Å². The largest absolute Gasteiger partial charge is 0.398 e. The SMILES string of the molecule is Cc1cc2[nH]ncc2cc1-c1cccc(/C(N)=C(\N)C(N)=O)c1N. The first-order chi connectivity index (χ1) is 11.4. The van der Waals surface area contributed by atoms with Crippen molar-refractivity contribution in [3.05, 3.63) is 53.4 Å². The van der Waals surface area contributed by atoms with Gasteiger partial charge < -0.3 is 22.9 Å². The number of aromatic nitrogens is 2. The smallest absolute Gasteiger partial charge is 0.266 e. The van der Waals surface area contributed by atoms with Crippen molar-refractivity contribution in [1.82, 2.24) is 10.2 Å². The second-order valence-electron chi connectivity index (χ2n) is 5.58. The monoisotopic (exact) mass is 322 g/mol. The molecule has 0 spiro atoms. The molecule has 122 valence electrons. The standard InChI is InChI=1S/C17H18N6O/c1-8-5-13-9(7-22-23-13)6-12(8)10-3-2-4-11(14(10)18)15(19)16(20)17(21)24/h2-7H,18-20H2,1H3,(H2,21,24)(H,22,23)/b16-15+. The van der Waals surface area contributed by atoms with Gasteiger partial charge in [0.1, 0.15) is 5.70 Å². The summed E-state index contributed by atoms with van der Waals surface area (Å²) in [5.41, 5.74) is 27.6. The summed E-state index contributed by atoms with van der Waals surface area (Å²) in [4.78, 5) is 11.3. The van der Waals surface area contributed by atoms with Crippen LogP contribution in [0.5, 0.6) is 0 Å². The number of carbonyl (C=O) groups is 1. The molecule has 0 saturated heterocycles. The Hall–Kier alpha value is -3.48. The van der Waals surface area contributed by atoms with Crippen LogP contribution in [0.25, 0.3) is 27.7 Å². The maximum absolute atomic E-state index is 11.3. The molecule has 7 nitrogen and oxygen atoms in total. The summed E-state index contributed by atoms with van der Waals surface area (Å²) < 4.78 is 0. The zero-order valence-electron chi connectivity index (χ0n) is 13.1. The molecule has 9 N–H and O–H groups in total. The van der Waals surface area contributed by atoms with Gasteiger partial charge in [0.25, 0.3) is 5.91 Å². The van der Waals surface area contributed by atoms with E-state index in [2.05, 4.69) is 10.2 Å². The molecule has 1 heterocycles. The highest BCUT2D eigenvalue weighted by atomic mass is 16.1. The van der Waals surface area contributed by atoms with Gasteiger partial charge in [0, 0.05) is 22.2 Å². The molecule has 0 saturated carbocycles. The van der Waals surface area contributed by atoms with Gasteiger partial charge in [-0.15, -0.1) is 0 Å². The minimum absolute atomic E-state index is 0.0730. The first-order valence-electron chi connectivity index (χ1n) is 7.28. The van der Waals surface area contributed by atoms with Crippen LogP contribution in [0.15, 0.2) is 42.2 Å². The summed E-state index contributed by atoms with van der Waals surface area (Å²) in [6.07, 6.45) is 1.75. The number of aryl methyl sites for hydroxylation is 1. The zero-order chi connectivity index (χ0) is 17.4. The molecule has 0 bridgehead atoms. The van der Waals surface area contributed by atoms with Gasteiger partial charge in [0.2, 0.25) is 0 Å². The minimum Gasteiger partial charge on any atom is -0.398 e. The second kappa shape index (κ2) is 5.62. The highest BCUT2D eigenvalue weighted by molar-refractivity contribution is 6.01. The van der Waals surface area contributed by atoms with Crippen LogP contribution in [-0.2, 0) is 4.79 Å². The average molecular weight is 322 g/mol. The first kappa shape index (κ1) is 15.4. The van der Waals surface area contributed by atoms with Crippen molar-refractivity contribution in [2.45, 2.75) is 6.92 Å². The quantitative estimate of drug-likeness (QED) is 0.362. The van der Waals surface area contributed by atoms with E-state index < -0.39 is 5.91 Å². The van der Waals surface area contributed by atoms with Gasteiger partial charge in [-0.3, -0.25) is 9.89 Å². The van der Waals surface area contributed by atoms with E-state index in [1.54, 1.807) is 18.3 Å². The van der Waals surface area contributed by atoms with Crippen LogP contribution in [0.3, 0.4) is 0 Å². The van der Waals surface area contributed by atoms with Crippen LogP contribution in [0, 0.1) is 6.92 Å². The molecule has 0 radical (unpaired) electrons. The predicted molar refractivity (Wildman–Crippen MR) is 95.2 cm³/mol. The van der Waals surface area contributed by atoms with Crippen LogP contribution >= 0.6 is 0 Å². The number of amides is 1. The zero-order valence-corrected chi connectivity index (χ0v) is 13.1. The Morgan fingerprint density at radius 2 is 1.88 bits per heavy atom. The Balaban J connectivity index is 2.22. The fraction of sp³-hybridized carbons (Fsp3) is 0.0588. The van der Waals surface area contributed by atoms with Crippen molar-refractivity contribution in [1.29, 1.82) is 0 Å². The summed E-state index contributed by atoms with van der Waals surface area (Å²) in [6.45, 7) is 1.98. The molecule has 1 amide bonds. The molecule has 3 aromatic rings. The fourth-order valence-electron chi connectivity index (χ4n) is 2.70. The molecule has 0 aliphatic rings. The summed E-state index contributed by atoms with van der Waals surface area (Å²) in [6, 6.07) is 9.40.